The molecule has 7 heteroatoms. The molecule has 0 amide bonds. The zero-order valence-electron chi connectivity index (χ0n) is 13.2. The number of methoxy groups -OCH3 is 1. The summed E-state index contributed by atoms with van der Waals surface area (Å²) in [5.41, 5.74) is 2.12. The molecule has 3 aromatic rings. The van der Waals surface area contributed by atoms with Gasteiger partial charge in [0.15, 0.2) is 18.2 Å². The Hall–Kier alpha value is -2.28. The number of aromatic nitrogens is 2. The maximum Gasteiger partial charge on any atom is 0.192 e. The van der Waals surface area contributed by atoms with Crippen molar-refractivity contribution in [3.63, 3.8) is 0 Å². The van der Waals surface area contributed by atoms with Gasteiger partial charge in [0.1, 0.15) is 11.3 Å². The predicted octanol–water partition coefficient (Wildman–Crippen LogP) is 2.49. The normalized spacial score (nSPS) is 12.6. The van der Waals surface area contributed by atoms with Gasteiger partial charge in [-0.2, -0.15) is 4.73 Å². The zero-order chi connectivity index (χ0) is 17.3. The first-order valence-electron chi connectivity index (χ1n) is 7.35. The van der Waals surface area contributed by atoms with Gasteiger partial charge in [-0.25, -0.2) is 4.98 Å². The molecular weight excluding hydrogens is 332 g/mol. The molecule has 126 valence electrons. The van der Waals surface area contributed by atoms with Gasteiger partial charge in [-0.1, -0.05) is 11.6 Å². The van der Waals surface area contributed by atoms with Crippen LogP contribution in [0.25, 0.3) is 22.4 Å². The number of fused-ring (bicyclic) bond motifs is 1. The van der Waals surface area contributed by atoms with Crippen molar-refractivity contribution in [2.75, 3.05) is 7.11 Å². The highest BCUT2D eigenvalue weighted by Crippen LogP contribution is 2.27. The number of hydrogen-bond acceptors (Lipinski definition) is 5. The Bertz CT molecular complexity index is 846. The second kappa shape index (κ2) is 6.68. The van der Waals surface area contributed by atoms with Crippen LogP contribution in [0.3, 0.4) is 0 Å². The summed E-state index contributed by atoms with van der Waals surface area (Å²) in [6.07, 6.45) is -2.47. The van der Waals surface area contributed by atoms with Crippen molar-refractivity contribution in [2.24, 2.45) is 0 Å². The number of benzene rings is 2. The smallest absolute Gasteiger partial charge is 0.192 e. The molecule has 0 aliphatic carbocycles. The highest BCUT2D eigenvalue weighted by molar-refractivity contribution is 6.31. The first-order valence-corrected chi connectivity index (χ1v) is 7.73. The molecule has 1 unspecified atom stereocenters. The summed E-state index contributed by atoms with van der Waals surface area (Å²) in [6, 6.07) is 12.6. The number of rotatable bonds is 5. The van der Waals surface area contributed by atoms with Crippen LogP contribution in [0.15, 0.2) is 42.5 Å². The van der Waals surface area contributed by atoms with Crippen molar-refractivity contribution in [3.8, 4) is 17.1 Å². The van der Waals surface area contributed by atoms with E-state index < -0.39 is 12.4 Å². The quantitative estimate of drug-likeness (QED) is 0.693. The van der Waals surface area contributed by atoms with E-state index in [1.165, 1.54) is 4.73 Å². The van der Waals surface area contributed by atoms with Crippen LogP contribution in [0.4, 0.5) is 0 Å². The third-order valence-electron chi connectivity index (χ3n) is 3.61. The lowest BCUT2D eigenvalue weighted by Gasteiger charge is -2.18. The average Bonchev–Trinajstić information content (AvgIpc) is 2.92. The molecule has 0 aliphatic heterocycles. The van der Waals surface area contributed by atoms with Crippen molar-refractivity contribution >= 4 is 22.6 Å². The van der Waals surface area contributed by atoms with Gasteiger partial charge in [0, 0.05) is 10.6 Å². The molecule has 6 nitrogen and oxygen atoms in total. The summed E-state index contributed by atoms with van der Waals surface area (Å²) >= 11 is 6.07. The third-order valence-corrected chi connectivity index (χ3v) is 3.85. The molecule has 2 aromatic carbocycles. The number of imidazole rings is 1. The van der Waals surface area contributed by atoms with E-state index in [1.807, 2.05) is 24.3 Å². The number of nitrogens with zero attached hydrogens (tertiary/aromatic N) is 2. The summed E-state index contributed by atoms with van der Waals surface area (Å²) < 4.78 is 6.63. The maximum atomic E-state index is 9.33. The van der Waals surface area contributed by atoms with Crippen molar-refractivity contribution in [1.29, 1.82) is 0 Å². The minimum absolute atomic E-state index is 0.530. The second-order valence-electron chi connectivity index (χ2n) is 5.32. The van der Waals surface area contributed by atoms with Crippen LogP contribution >= 0.6 is 11.6 Å². The third kappa shape index (κ3) is 3.17. The molecule has 1 heterocycles. The summed E-state index contributed by atoms with van der Waals surface area (Å²) in [5.74, 6) is 1.26. The molecule has 0 bridgehead atoms. The highest BCUT2D eigenvalue weighted by Gasteiger charge is 2.19. The number of halogens is 1. The van der Waals surface area contributed by atoms with Gasteiger partial charge < -0.3 is 19.8 Å². The molecule has 2 N–H and O–H groups in total. The topological polar surface area (TPSA) is 76.7 Å². The van der Waals surface area contributed by atoms with Crippen molar-refractivity contribution in [3.05, 3.63) is 47.5 Å². The number of ether oxygens (including phenoxy) is 1. The fourth-order valence-corrected chi connectivity index (χ4v) is 2.44. The van der Waals surface area contributed by atoms with E-state index in [9.17, 15) is 10.2 Å². The standard InChI is InChI=1S/C17H17ClN2O4/c1-10(17(21)22)24-20-15-9-12(18)5-8-14(15)19-16(20)11-3-6-13(23-2)7-4-11/h3-10,17,21-22H,1-2H3. The maximum absolute atomic E-state index is 9.33. The van der Waals surface area contributed by atoms with Crippen LogP contribution in [0.2, 0.25) is 5.02 Å². The van der Waals surface area contributed by atoms with Crippen LogP contribution in [-0.2, 0) is 0 Å². The van der Waals surface area contributed by atoms with Crippen molar-refractivity contribution in [2.45, 2.75) is 19.3 Å². The monoisotopic (exact) mass is 348 g/mol. The largest absolute Gasteiger partial charge is 0.497 e. The molecule has 3 rings (SSSR count). The van der Waals surface area contributed by atoms with E-state index in [1.54, 1.807) is 32.2 Å². The Morgan fingerprint density at radius 3 is 2.46 bits per heavy atom. The molecule has 24 heavy (non-hydrogen) atoms. The fourth-order valence-electron chi connectivity index (χ4n) is 2.28. The van der Waals surface area contributed by atoms with E-state index in [-0.39, 0.29) is 0 Å². The van der Waals surface area contributed by atoms with E-state index in [2.05, 4.69) is 4.98 Å². The van der Waals surface area contributed by atoms with Gasteiger partial charge in [-0.15, -0.1) is 0 Å². The highest BCUT2D eigenvalue weighted by atomic mass is 35.5. The lowest BCUT2D eigenvalue weighted by Crippen LogP contribution is -2.33. The first kappa shape index (κ1) is 16.6. The lowest BCUT2D eigenvalue weighted by molar-refractivity contribution is -0.137. The summed E-state index contributed by atoms with van der Waals surface area (Å²) in [4.78, 5) is 10.3. The zero-order valence-corrected chi connectivity index (χ0v) is 13.9. The molecule has 0 aliphatic rings. The van der Waals surface area contributed by atoms with Crippen LogP contribution in [0.1, 0.15) is 6.92 Å². The van der Waals surface area contributed by atoms with Gasteiger partial charge in [-0.05, 0) is 49.4 Å². The van der Waals surface area contributed by atoms with Gasteiger partial charge in [0.25, 0.3) is 0 Å². The minimum Gasteiger partial charge on any atom is -0.497 e. The molecule has 0 radical (unpaired) electrons. The minimum atomic E-state index is -1.62. The van der Waals surface area contributed by atoms with Crippen LogP contribution in [0.5, 0.6) is 5.75 Å². The predicted molar refractivity (Wildman–Crippen MR) is 91.0 cm³/mol. The van der Waals surface area contributed by atoms with Crippen LogP contribution in [-0.4, -0.2) is 39.4 Å². The Kier molecular flexibility index (Phi) is 4.62. The van der Waals surface area contributed by atoms with E-state index in [0.717, 1.165) is 11.3 Å². The first-order chi connectivity index (χ1) is 11.5. The SMILES string of the molecule is COc1ccc(-c2nc3ccc(Cl)cc3n2OC(C)C(O)O)cc1. The number of hydrogen-bond donors (Lipinski definition) is 2. The van der Waals surface area contributed by atoms with Crippen molar-refractivity contribution < 1.29 is 19.8 Å². The lowest BCUT2D eigenvalue weighted by atomic mass is 10.2. The van der Waals surface area contributed by atoms with E-state index in [0.29, 0.717) is 21.9 Å². The average molecular weight is 349 g/mol. The molecule has 0 fully saturated rings. The van der Waals surface area contributed by atoms with Crippen molar-refractivity contribution in [1.82, 2.24) is 9.71 Å². The van der Waals surface area contributed by atoms with E-state index >= 15 is 0 Å². The van der Waals surface area contributed by atoms with Gasteiger partial charge in [0.2, 0.25) is 0 Å². The van der Waals surface area contributed by atoms with Crippen LogP contribution < -0.4 is 9.57 Å². The van der Waals surface area contributed by atoms with Gasteiger partial charge in [0.05, 0.1) is 12.6 Å². The molecule has 1 aromatic heterocycles. The fraction of sp³-hybridized carbons (Fsp3) is 0.235. The second-order valence-corrected chi connectivity index (χ2v) is 5.75. The molecule has 0 saturated heterocycles. The van der Waals surface area contributed by atoms with Gasteiger partial charge in [-0.3, -0.25) is 0 Å². The van der Waals surface area contributed by atoms with E-state index in [4.69, 9.17) is 21.2 Å². The van der Waals surface area contributed by atoms with Gasteiger partial charge >= 0.3 is 0 Å². The Morgan fingerprint density at radius 2 is 1.83 bits per heavy atom. The summed E-state index contributed by atoms with van der Waals surface area (Å²) in [6.45, 7) is 1.55. The molecular formula is C17H17ClN2O4. The Morgan fingerprint density at radius 1 is 1.12 bits per heavy atom. The Balaban J connectivity index is 2.14. The molecule has 0 saturated carbocycles. The van der Waals surface area contributed by atoms with Crippen LogP contribution in [0, 0.1) is 0 Å². The Labute approximate surface area is 143 Å². The number of aliphatic hydroxyl groups excluding tert-OH is 1. The summed E-state index contributed by atoms with van der Waals surface area (Å²) in [5, 5.41) is 19.2. The molecule has 0 spiro atoms. The summed E-state index contributed by atoms with van der Waals surface area (Å²) in [7, 11) is 1.60. The number of aliphatic hydroxyl groups is 2. The molecule has 1 atom stereocenters.